The highest BCUT2D eigenvalue weighted by atomic mass is 32.1. The van der Waals surface area contributed by atoms with Crippen molar-refractivity contribution in [2.45, 2.75) is 27.3 Å². The van der Waals surface area contributed by atoms with Crippen molar-refractivity contribution in [3.63, 3.8) is 0 Å². The predicted molar refractivity (Wildman–Crippen MR) is 119 cm³/mol. The summed E-state index contributed by atoms with van der Waals surface area (Å²) in [6.45, 7) is 6.15. The van der Waals surface area contributed by atoms with Crippen LogP contribution in [0, 0.1) is 20.8 Å². The molecular weight excluding hydrogens is 398 g/mol. The fraction of sp³-hybridized carbons (Fsp3) is 0.182. The summed E-state index contributed by atoms with van der Waals surface area (Å²) in [7, 11) is 0. The van der Waals surface area contributed by atoms with Gasteiger partial charge in [0.2, 0.25) is 4.96 Å². The Bertz CT molecular complexity index is 1310. The Morgan fingerprint density at radius 2 is 1.83 bits per heavy atom. The topological polar surface area (TPSA) is 88.4 Å². The molecule has 2 N–H and O–H groups in total. The quantitative estimate of drug-likeness (QED) is 0.522. The third kappa shape index (κ3) is 4.08. The first-order chi connectivity index (χ1) is 14.4. The van der Waals surface area contributed by atoms with E-state index in [1.54, 1.807) is 0 Å². The Labute approximate surface area is 177 Å². The SMILES string of the molecule is Cc1ccc(NC(=O)NCc2cc(=O)n3nc(-c4ccccc4C)sc3n2)cc1C. The van der Waals surface area contributed by atoms with Gasteiger partial charge < -0.3 is 10.6 Å². The molecule has 0 aliphatic rings. The molecule has 0 spiro atoms. The molecular formula is C22H21N5O2S. The Kier molecular flexibility index (Phi) is 5.33. The van der Waals surface area contributed by atoms with Crippen LogP contribution in [-0.4, -0.2) is 20.6 Å². The molecule has 0 unspecified atom stereocenters. The van der Waals surface area contributed by atoms with Crippen molar-refractivity contribution < 1.29 is 4.79 Å². The molecule has 0 radical (unpaired) electrons. The lowest BCUT2D eigenvalue weighted by molar-refractivity contribution is 0.251. The lowest BCUT2D eigenvalue weighted by Crippen LogP contribution is -2.29. The van der Waals surface area contributed by atoms with Crippen LogP contribution in [0.5, 0.6) is 0 Å². The molecule has 7 nitrogen and oxygen atoms in total. The number of fused-ring (bicyclic) bond motifs is 1. The second-order valence-electron chi connectivity index (χ2n) is 7.11. The minimum atomic E-state index is -0.356. The van der Waals surface area contributed by atoms with Crippen LogP contribution in [0.3, 0.4) is 0 Å². The number of carbonyl (C=O) groups is 1. The van der Waals surface area contributed by atoms with E-state index in [1.165, 1.54) is 21.9 Å². The van der Waals surface area contributed by atoms with Crippen LogP contribution < -0.4 is 16.2 Å². The van der Waals surface area contributed by atoms with Gasteiger partial charge in [0.25, 0.3) is 5.56 Å². The molecule has 4 rings (SSSR count). The van der Waals surface area contributed by atoms with Crippen molar-refractivity contribution in [2.75, 3.05) is 5.32 Å². The second-order valence-corrected chi connectivity index (χ2v) is 8.06. The van der Waals surface area contributed by atoms with Crippen molar-refractivity contribution >= 4 is 28.0 Å². The number of hydrogen-bond acceptors (Lipinski definition) is 5. The third-order valence-electron chi connectivity index (χ3n) is 4.87. The van der Waals surface area contributed by atoms with Gasteiger partial charge in [-0.2, -0.15) is 9.61 Å². The van der Waals surface area contributed by atoms with Gasteiger partial charge in [0, 0.05) is 17.3 Å². The van der Waals surface area contributed by atoms with Crippen LogP contribution in [0.15, 0.2) is 53.3 Å². The van der Waals surface area contributed by atoms with Crippen molar-refractivity contribution in [3.8, 4) is 10.6 Å². The number of aryl methyl sites for hydroxylation is 3. The van der Waals surface area contributed by atoms with Crippen molar-refractivity contribution in [2.24, 2.45) is 0 Å². The van der Waals surface area contributed by atoms with Crippen molar-refractivity contribution in [1.29, 1.82) is 0 Å². The Balaban J connectivity index is 1.50. The smallest absolute Gasteiger partial charge is 0.319 e. The molecule has 0 aliphatic heterocycles. The fourth-order valence-corrected chi connectivity index (χ4v) is 4.05. The molecule has 8 heteroatoms. The summed E-state index contributed by atoms with van der Waals surface area (Å²) in [6.07, 6.45) is 0. The Hall–Kier alpha value is -3.52. The first-order valence-electron chi connectivity index (χ1n) is 9.48. The summed E-state index contributed by atoms with van der Waals surface area (Å²) in [5.41, 5.74) is 5.23. The average molecular weight is 420 g/mol. The molecule has 2 aromatic heterocycles. The first kappa shape index (κ1) is 19.8. The van der Waals surface area contributed by atoms with E-state index in [0.717, 1.165) is 27.3 Å². The summed E-state index contributed by atoms with van der Waals surface area (Å²) in [4.78, 5) is 29.7. The molecule has 0 fully saturated rings. The number of amides is 2. The number of benzene rings is 2. The predicted octanol–water partition coefficient (Wildman–Crippen LogP) is 4.06. The molecule has 4 aromatic rings. The summed E-state index contributed by atoms with van der Waals surface area (Å²) in [5.74, 6) is 0. The minimum absolute atomic E-state index is 0.139. The normalized spacial score (nSPS) is 10.9. The summed E-state index contributed by atoms with van der Waals surface area (Å²) in [6, 6.07) is 14.6. The number of hydrogen-bond donors (Lipinski definition) is 2. The first-order valence-corrected chi connectivity index (χ1v) is 10.3. The zero-order valence-corrected chi connectivity index (χ0v) is 17.7. The molecule has 2 aromatic carbocycles. The van der Waals surface area contributed by atoms with E-state index < -0.39 is 0 Å². The molecule has 0 saturated heterocycles. The van der Waals surface area contributed by atoms with Crippen LogP contribution in [0.25, 0.3) is 15.5 Å². The van der Waals surface area contributed by atoms with Crippen LogP contribution in [-0.2, 0) is 6.54 Å². The number of nitrogens with zero attached hydrogens (tertiary/aromatic N) is 3. The maximum Gasteiger partial charge on any atom is 0.319 e. The zero-order valence-electron chi connectivity index (χ0n) is 16.9. The van der Waals surface area contributed by atoms with E-state index >= 15 is 0 Å². The van der Waals surface area contributed by atoms with E-state index in [0.29, 0.717) is 16.3 Å². The number of aromatic nitrogens is 3. The van der Waals surface area contributed by atoms with Gasteiger partial charge in [0.05, 0.1) is 12.2 Å². The van der Waals surface area contributed by atoms with Gasteiger partial charge >= 0.3 is 6.03 Å². The lowest BCUT2D eigenvalue weighted by Gasteiger charge is -2.09. The van der Waals surface area contributed by atoms with Gasteiger partial charge in [-0.25, -0.2) is 9.78 Å². The van der Waals surface area contributed by atoms with Crippen LogP contribution in [0.2, 0.25) is 0 Å². The van der Waals surface area contributed by atoms with Crippen LogP contribution in [0.4, 0.5) is 10.5 Å². The van der Waals surface area contributed by atoms with Gasteiger partial charge in [0.15, 0.2) is 0 Å². The molecule has 0 bridgehead atoms. The van der Waals surface area contributed by atoms with E-state index in [1.807, 2.05) is 63.2 Å². The van der Waals surface area contributed by atoms with Crippen LogP contribution >= 0.6 is 11.3 Å². The van der Waals surface area contributed by atoms with Crippen molar-refractivity contribution in [3.05, 3.63) is 81.3 Å². The second kappa shape index (κ2) is 8.08. The van der Waals surface area contributed by atoms with E-state index in [-0.39, 0.29) is 18.1 Å². The molecule has 0 aliphatic carbocycles. The highest BCUT2D eigenvalue weighted by Crippen LogP contribution is 2.26. The minimum Gasteiger partial charge on any atom is -0.332 e. The monoisotopic (exact) mass is 419 g/mol. The van der Waals surface area contributed by atoms with Gasteiger partial charge in [0.1, 0.15) is 5.01 Å². The standard InChI is InChI=1S/C22H21N5O2S/c1-13-8-9-16(10-15(13)3)24-21(29)23-12-17-11-19(28)27-22(25-17)30-20(26-27)18-7-5-4-6-14(18)2/h4-11H,12H2,1-3H3,(H2,23,24,29). The Morgan fingerprint density at radius 1 is 1.03 bits per heavy atom. The molecule has 0 saturated carbocycles. The number of anilines is 1. The Morgan fingerprint density at radius 3 is 2.60 bits per heavy atom. The van der Waals surface area contributed by atoms with E-state index in [2.05, 4.69) is 20.7 Å². The maximum atomic E-state index is 12.5. The molecule has 152 valence electrons. The summed E-state index contributed by atoms with van der Waals surface area (Å²) in [5, 5.41) is 10.7. The lowest BCUT2D eigenvalue weighted by atomic mass is 10.1. The van der Waals surface area contributed by atoms with Crippen molar-refractivity contribution in [1.82, 2.24) is 19.9 Å². The van der Waals surface area contributed by atoms with E-state index in [9.17, 15) is 9.59 Å². The number of carbonyl (C=O) groups excluding carboxylic acids is 1. The van der Waals surface area contributed by atoms with Crippen LogP contribution in [0.1, 0.15) is 22.4 Å². The third-order valence-corrected chi connectivity index (χ3v) is 5.81. The average Bonchev–Trinajstić information content (AvgIpc) is 3.14. The van der Waals surface area contributed by atoms with Gasteiger partial charge in [-0.15, -0.1) is 0 Å². The highest BCUT2D eigenvalue weighted by molar-refractivity contribution is 7.19. The molecule has 0 atom stereocenters. The number of urea groups is 1. The van der Waals surface area contributed by atoms with Gasteiger partial charge in [-0.1, -0.05) is 41.7 Å². The molecule has 2 amide bonds. The molecule has 30 heavy (non-hydrogen) atoms. The summed E-state index contributed by atoms with van der Waals surface area (Å²) >= 11 is 1.35. The maximum absolute atomic E-state index is 12.5. The van der Waals surface area contributed by atoms with Gasteiger partial charge in [-0.3, -0.25) is 4.79 Å². The van der Waals surface area contributed by atoms with Gasteiger partial charge in [-0.05, 0) is 49.6 Å². The largest absolute Gasteiger partial charge is 0.332 e. The summed E-state index contributed by atoms with van der Waals surface area (Å²) < 4.78 is 1.30. The number of rotatable bonds is 4. The molecule has 2 heterocycles. The number of nitrogens with one attached hydrogen (secondary N) is 2. The highest BCUT2D eigenvalue weighted by Gasteiger charge is 2.12. The fourth-order valence-electron chi connectivity index (χ4n) is 3.03. The zero-order chi connectivity index (χ0) is 21.3. The van der Waals surface area contributed by atoms with E-state index in [4.69, 9.17) is 0 Å².